The van der Waals surface area contributed by atoms with Crippen molar-refractivity contribution in [2.24, 2.45) is 0 Å². The summed E-state index contributed by atoms with van der Waals surface area (Å²) in [5, 5.41) is 4.16. The van der Waals surface area contributed by atoms with E-state index in [1.165, 1.54) is 7.11 Å². The van der Waals surface area contributed by atoms with Gasteiger partial charge in [0, 0.05) is 5.56 Å². The maximum Gasteiger partial charge on any atom is 0.316 e. The normalized spacial score (nSPS) is 10.2. The number of carbonyl (C=O) groups is 1. The lowest BCUT2D eigenvalue weighted by Gasteiger charge is -2.07. The van der Waals surface area contributed by atoms with Crippen LogP contribution >= 0.6 is 11.8 Å². The van der Waals surface area contributed by atoms with Crippen LogP contribution in [0.15, 0.2) is 27.9 Å². The highest BCUT2D eigenvalue weighted by Crippen LogP contribution is 2.31. The Kier molecular flexibility index (Phi) is 5.04. The van der Waals surface area contributed by atoms with E-state index in [4.69, 9.17) is 14.0 Å². The van der Waals surface area contributed by atoms with Gasteiger partial charge in [0.2, 0.25) is 5.82 Å². The maximum atomic E-state index is 11.1. The summed E-state index contributed by atoms with van der Waals surface area (Å²) in [6.45, 7) is 0. The molecule has 0 aliphatic rings. The van der Waals surface area contributed by atoms with Crippen molar-refractivity contribution in [2.75, 3.05) is 27.1 Å². The number of carbonyl (C=O) groups excluding carboxylic acids is 1. The molecule has 0 unspecified atom stereocenters. The zero-order valence-electron chi connectivity index (χ0n) is 11.8. The average Bonchev–Trinajstić information content (AvgIpc) is 3.00. The monoisotopic (exact) mass is 310 g/mol. The second kappa shape index (κ2) is 6.98. The first kappa shape index (κ1) is 15.2. The van der Waals surface area contributed by atoms with Crippen LogP contribution in [0.2, 0.25) is 0 Å². The molecule has 0 spiro atoms. The number of methoxy groups -OCH3 is 3. The molecule has 0 saturated carbocycles. The van der Waals surface area contributed by atoms with Crippen molar-refractivity contribution >= 4 is 17.7 Å². The third-order valence-electron chi connectivity index (χ3n) is 2.59. The number of hydrogen-bond donors (Lipinski definition) is 0. The van der Waals surface area contributed by atoms with Gasteiger partial charge in [-0.05, 0) is 18.2 Å². The predicted molar refractivity (Wildman–Crippen MR) is 75.6 cm³/mol. The van der Waals surface area contributed by atoms with E-state index in [2.05, 4.69) is 14.9 Å². The third kappa shape index (κ3) is 3.66. The number of thioether (sulfide) groups is 1. The fourth-order valence-electron chi connectivity index (χ4n) is 1.54. The molecule has 0 aliphatic heterocycles. The van der Waals surface area contributed by atoms with Gasteiger partial charge >= 0.3 is 5.97 Å². The Morgan fingerprint density at radius 2 is 2.00 bits per heavy atom. The van der Waals surface area contributed by atoms with Gasteiger partial charge in [-0.15, -0.1) is 0 Å². The molecule has 2 rings (SSSR count). The molecule has 0 amide bonds. The molecular formula is C13H14N2O5S. The van der Waals surface area contributed by atoms with Crippen LogP contribution < -0.4 is 9.47 Å². The number of esters is 1. The van der Waals surface area contributed by atoms with Crippen molar-refractivity contribution in [1.29, 1.82) is 0 Å². The lowest BCUT2D eigenvalue weighted by molar-refractivity contribution is -0.137. The van der Waals surface area contributed by atoms with Crippen molar-refractivity contribution in [3.63, 3.8) is 0 Å². The zero-order valence-corrected chi connectivity index (χ0v) is 12.6. The minimum absolute atomic E-state index is 0.115. The minimum Gasteiger partial charge on any atom is -0.493 e. The molecule has 0 radical (unpaired) electrons. The molecule has 21 heavy (non-hydrogen) atoms. The highest BCUT2D eigenvalue weighted by molar-refractivity contribution is 7.99. The third-order valence-corrected chi connectivity index (χ3v) is 3.38. The summed E-state index contributed by atoms with van der Waals surface area (Å²) < 4.78 is 20.0. The van der Waals surface area contributed by atoms with Gasteiger partial charge in [0.25, 0.3) is 5.22 Å². The van der Waals surface area contributed by atoms with Crippen molar-refractivity contribution < 1.29 is 23.5 Å². The number of nitrogens with zero attached hydrogens (tertiary/aromatic N) is 2. The van der Waals surface area contributed by atoms with Crippen LogP contribution in [0.25, 0.3) is 11.4 Å². The van der Waals surface area contributed by atoms with Crippen molar-refractivity contribution in [2.45, 2.75) is 5.22 Å². The first-order valence-electron chi connectivity index (χ1n) is 5.93. The standard InChI is InChI=1S/C13H14N2O5S/c1-17-9-5-4-8(6-10(9)18-2)12-14-13(20-15-12)21-7-11(16)19-3/h4-6H,7H2,1-3H3. The largest absolute Gasteiger partial charge is 0.493 e. The molecule has 8 heteroatoms. The molecule has 1 aromatic heterocycles. The van der Waals surface area contributed by atoms with Crippen LogP contribution in [0.1, 0.15) is 0 Å². The molecule has 2 aromatic rings. The van der Waals surface area contributed by atoms with Crippen LogP contribution in [0.3, 0.4) is 0 Å². The number of aromatic nitrogens is 2. The van der Waals surface area contributed by atoms with Crippen molar-refractivity contribution in [3.8, 4) is 22.9 Å². The van der Waals surface area contributed by atoms with E-state index >= 15 is 0 Å². The van der Waals surface area contributed by atoms with Gasteiger partial charge in [0.05, 0.1) is 21.3 Å². The molecule has 0 bridgehead atoms. The molecule has 112 valence electrons. The smallest absolute Gasteiger partial charge is 0.316 e. The number of hydrogen-bond acceptors (Lipinski definition) is 8. The quantitative estimate of drug-likeness (QED) is 0.592. The van der Waals surface area contributed by atoms with E-state index < -0.39 is 0 Å². The summed E-state index contributed by atoms with van der Waals surface area (Å²) in [5.41, 5.74) is 0.723. The molecule has 0 saturated heterocycles. The zero-order chi connectivity index (χ0) is 15.2. The molecule has 1 aromatic carbocycles. The summed E-state index contributed by atoms with van der Waals surface area (Å²) in [5.74, 6) is 1.35. The molecular weight excluding hydrogens is 296 g/mol. The molecule has 0 atom stereocenters. The Morgan fingerprint density at radius 1 is 1.24 bits per heavy atom. The maximum absolute atomic E-state index is 11.1. The van der Waals surface area contributed by atoms with Crippen LogP contribution in [-0.4, -0.2) is 43.2 Å². The fraction of sp³-hybridized carbons (Fsp3) is 0.308. The Balaban J connectivity index is 2.15. The number of ether oxygens (including phenoxy) is 3. The van der Waals surface area contributed by atoms with Crippen LogP contribution in [0.5, 0.6) is 11.5 Å². The van der Waals surface area contributed by atoms with E-state index in [1.807, 2.05) is 0 Å². The number of rotatable bonds is 6. The van der Waals surface area contributed by atoms with Crippen LogP contribution in [0.4, 0.5) is 0 Å². The van der Waals surface area contributed by atoms with Gasteiger partial charge in [-0.1, -0.05) is 16.9 Å². The average molecular weight is 310 g/mol. The first-order chi connectivity index (χ1) is 10.2. The minimum atomic E-state index is -0.356. The van der Waals surface area contributed by atoms with Gasteiger partial charge in [0.1, 0.15) is 5.75 Å². The highest BCUT2D eigenvalue weighted by atomic mass is 32.2. The van der Waals surface area contributed by atoms with Gasteiger partial charge in [-0.2, -0.15) is 4.98 Å². The summed E-state index contributed by atoms with van der Waals surface area (Å²) in [6.07, 6.45) is 0. The Bertz CT molecular complexity index is 629. The fourth-order valence-corrected chi connectivity index (χ4v) is 2.14. The summed E-state index contributed by atoms with van der Waals surface area (Å²) in [6, 6.07) is 5.30. The molecule has 0 aliphatic carbocycles. The summed E-state index contributed by atoms with van der Waals surface area (Å²) in [4.78, 5) is 15.3. The molecule has 0 fully saturated rings. The van der Waals surface area contributed by atoms with E-state index in [0.717, 1.165) is 17.3 Å². The highest BCUT2D eigenvalue weighted by Gasteiger charge is 2.13. The number of benzene rings is 1. The van der Waals surface area contributed by atoms with Gasteiger partial charge < -0.3 is 18.7 Å². The SMILES string of the molecule is COC(=O)CSc1nc(-c2ccc(OC)c(OC)c2)no1. The summed E-state index contributed by atoms with van der Waals surface area (Å²) in [7, 11) is 4.44. The lowest BCUT2D eigenvalue weighted by atomic mass is 10.2. The second-order valence-electron chi connectivity index (χ2n) is 3.82. The van der Waals surface area contributed by atoms with Gasteiger partial charge in [-0.3, -0.25) is 4.79 Å². The molecule has 0 N–H and O–H groups in total. The van der Waals surface area contributed by atoms with E-state index in [0.29, 0.717) is 22.5 Å². The van der Waals surface area contributed by atoms with Gasteiger partial charge in [-0.25, -0.2) is 0 Å². The summed E-state index contributed by atoms with van der Waals surface area (Å²) >= 11 is 1.12. The molecule has 1 heterocycles. The Hall–Kier alpha value is -2.22. The Morgan fingerprint density at radius 3 is 2.67 bits per heavy atom. The van der Waals surface area contributed by atoms with Gasteiger partial charge in [0.15, 0.2) is 11.5 Å². The Labute approximate surface area is 125 Å². The first-order valence-corrected chi connectivity index (χ1v) is 6.92. The lowest BCUT2D eigenvalue weighted by Crippen LogP contribution is -2.02. The predicted octanol–water partition coefficient (Wildman–Crippen LogP) is 2.02. The topological polar surface area (TPSA) is 83.7 Å². The van der Waals surface area contributed by atoms with E-state index in [-0.39, 0.29) is 11.7 Å². The molecule has 7 nitrogen and oxygen atoms in total. The van der Waals surface area contributed by atoms with Crippen LogP contribution in [-0.2, 0) is 9.53 Å². The second-order valence-corrected chi connectivity index (χ2v) is 4.75. The van der Waals surface area contributed by atoms with Crippen LogP contribution in [0, 0.1) is 0 Å². The van der Waals surface area contributed by atoms with E-state index in [1.54, 1.807) is 32.4 Å². The van der Waals surface area contributed by atoms with Crippen molar-refractivity contribution in [1.82, 2.24) is 10.1 Å². The van der Waals surface area contributed by atoms with Crippen molar-refractivity contribution in [3.05, 3.63) is 18.2 Å². The van der Waals surface area contributed by atoms with E-state index in [9.17, 15) is 4.79 Å².